The molecule has 0 fully saturated rings. The average molecular weight is 271 g/mol. The molecule has 2 amide bonds. The lowest BCUT2D eigenvalue weighted by molar-refractivity contribution is -0.144. The van der Waals surface area contributed by atoms with E-state index in [1.807, 2.05) is 18.2 Å². The zero-order chi connectivity index (χ0) is 14.7. The molecule has 1 aliphatic rings. The molecule has 2 rings (SSSR count). The van der Waals surface area contributed by atoms with Crippen molar-refractivity contribution in [3.8, 4) is 0 Å². The second kappa shape index (κ2) is 5.52. The molecule has 0 spiro atoms. The van der Waals surface area contributed by atoms with Crippen molar-refractivity contribution < 1.29 is 19.1 Å². The summed E-state index contributed by atoms with van der Waals surface area (Å²) in [7, 11) is 0. The van der Waals surface area contributed by atoms with Gasteiger partial charge >= 0.3 is 5.97 Å². The van der Waals surface area contributed by atoms with Gasteiger partial charge in [0, 0.05) is 5.57 Å². The van der Waals surface area contributed by atoms with Crippen LogP contribution in [-0.4, -0.2) is 22.7 Å². The summed E-state index contributed by atoms with van der Waals surface area (Å²) >= 11 is 0. The number of hydrogen-bond acceptors (Lipinski definition) is 4. The van der Waals surface area contributed by atoms with Gasteiger partial charge in [0.05, 0.1) is 12.6 Å². The number of carbonyl (C=O) groups is 3. The molecular formula is C15H13NO4. The van der Waals surface area contributed by atoms with Crippen molar-refractivity contribution in [1.82, 2.24) is 4.90 Å². The average Bonchev–Trinajstić information content (AvgIpc) is 2.67. The fourth-order valence-electron chi connectivity index (χ4n) is 1.66. The number of imide groups is 1. The number of benzene rings is 1. The van der Waals surface area contributed by atoms with E-state index in [2.05, 4.69) is 6.58 Å². The lowest BCUT2D eigenvalue weighted by atomic mass is 10.2. The van der Waals surface area contributed by atoms with Crippen molar-refractivity contribution in [2.24, 2.45) is 0 Å². The SMILES string of the molecule is C=C(C)C(=O)OC1=CC(=O)N(Cc2ccccc2)C1=O. The fraction of sp³-hybridized carbons (Fsp3) is 0.133. The molecule has 0 aliphatic carbocycles. The number of rotatable bonds is 4. The Morgan fingerprint density at radius 1 is 1.25 bits per heavy atom. The maximum atomic E-state index is 12.0. The first-order valence-corrected chi connectivity index (χ1v) is 5.98. The molecule has 0 unspecified atom stereocenters. The molecule has 0 saturated heterocycles. The van der Waals surface area contributed by atoms with Crippen molar-refractivity contribution in [2.75, 3.05) is 0 Å². The first-order chi connectivity index (χ1) is 9.49. The van der Waals surface area contributed by atoms with Gasteiger partial charge in [-0.3, -0.25) is 14.5 Å². The highest BCUT2D eigenvalue weighted by atomic mass is 16.5. The molecule has 20 heavy (non-hydrogen) atoms. The van der Waals surface area contributed by atoms with Crippen molar-refractivity contribution >= 4 is 17.8 Å². The molecule has 1 aromatic carbocycles. The standard InChI is InChI=1S/C15H13NO4/c1-10(2)15(19)20-12-8-13(17)16(14(12)18)9-11-6-4-3-5-7-11/h3-8H,1,9H2,2H3. The number of nitrogens with zero attached hydrogens (tertiary/aromatic N) is 1. The van der Waals surface area contributed by atoms with E-state index in [0.717, 1.165) is 16.5 Å². The zero-order valence-electron chi connectivity index (χ0n) is 11.0. The van der Waals surface area contributed by atoms with Crippen LogP contribution in [0.25, 0.3) is 0 Å². The topological polar surface area (TPSA) is 63.7 Å². The first-order valence-electron chi connectivity index (χ1n) is 5.98. The highest BCUT2D eigenvalue weighted by Gasteiger charge is 2.33. The van der Waals surface area contributed by atoms with Gasteiger partial charge in [-0.15, -0.1) is 0 Å². The van der Waals surface area contributed by atoms with Gasteiger partial charge in [0.15, 0.2) is 0 Å². The van der Waals surface area contributed by atoms with Crippen LogP contribution in [0, 0.1) is 0 Å². The second-order valence-corrected chi connectivity index (χ2v) is 4.39. The van der Waals surface area contributed by atoms with Gasteiger partial charge in [-0.05, 0) is 12.5 Å². The molecule has 1 heterocycles. The van der Waals surface area contributed by atoms with Crippen molar-refractivity contribution in [3.63, 3.8) is 0 Å². The molecule has 0 bridgehead atoms. The Morgan fingerprint density at radius 2 is 1.90 bits per heavy atom. The van der Waals surface area contributed by atoms with E-state index in [1.54, 1.807) is 12.1 Å². The maximum Gasteiger partial charge on any atom is 0.338 e. The summed E-state index contributed by atoms with van der Waals surface area (Å²) in [5.41, 5.74) is 0.975. The monoisotopic (exact) mass is 271 g/mol. The Balaban J connectivity index is 2.09. The van der Waals surface area contributed by atoms with Crippen LogP contribution in [0.5, 0.6) is 0 Å². The van der Waals surface area contributed by atoms with E-state index < -0.39 is 17.8 Å². The van der Waals surface area contributed by atoms with Crippen LogP contribution in [0.4, 0.5) is 0 Å². The molecule has 5 nitrogen and oxygen atoms in total. The van der Waals surface area contributed by atoms with Gasteiger partial charge in [-0.25, -0.2) is 4.79 Å². The van der Waals surface area contributed by atoms with Crippen LogP contribution in [0.2, 0.25) is 0 Å². The predicted molar refractivity (Wildman–Crippen MR) is 71.0 cm³/mol. The Hall–Kier alpha value is -2.69. The van der Waals surface area contributed by atoms with Crippen molar-refractivity contribution in [3.05, 3.63) is 59.9 Å². The highest BCUT2D eigenvalue weighted by Crippen LogP contribution is 2.18. The molecule has 102 valence electrons. The third kappa shape index (κ3) is 2.83. The maximum absolute atomic E-state index is 12.0. The van der Waals surface area contributed by atoms with E-state index in [4.69, 9.17) is 4.74 Å². The number of ether oxygens (including phenoxy) is 1. The quantitative estimate of drug-likeness (QED) is 0.473. The summed E-state index contributed by atoms with van der Waals surface area (Å²) in [5.74, 6) is -2.10. The van der Waals surface area contributed by atoms with Crippen LogP contribution < -0.4 is 0 Å². The number of hydrogen-bond donors (Lipinski definition) is 0. The third-order valence-electron chi connectivity index (χ3n) is 2.71. The lowest BCUT2D eigenvalue weighted by Gasteiger charge is -2.14. The Morgan fingerprint density at radius 3 is 2.50 bits per heavy atom. The summed E-state index contributed by atoms with van der Waals surface area (Å²) in [6, 6.07) is 9.08. The summed E-state index contributed by atoms with van der Waals surface area (Å²) < 4.78 is 4.83. The summed E-state index contributed by atoms with van der Waals surface area (Å²) in [5, 5.41) is 0. The predicted octanol–water partition coefficient (Wildman–Crippen LogP) is 1.56. The van der Waals surface area contributed by atoms with Crippen LogP contribution in [-0.2, 0) is 25.7 Å². The Labute approximate surface area is 116 Å². The van der Waals surface area contributed by atoms with Gasteiger partial charge in [0.2, 0.25) is 5.76 Å². The zero-order valence-corrected chi connectivity index (χ0v) is 11.0. The van der Waals surface area contributed by atoms with E-state index in [-0.39, 0.29) is 17.9 Å². The minimum atomic E-state index is -0.723. The van der Waals surface area contributed by atoms with Gasteiger partial charge in [-0.2, -0.15) is 0 Å². The smallest absolute Gasteiger partial charge is 0.338 e. The molecule has 5 heteroatoms. The van der Waals surface area contributed by atoms with Gasteiger partial charge < -0.3 is 4.74 Å². The molecule has 1 aliphatic heterocycles. The van der Waals surface area contributed by atoms with E-state index in [9.17, 15) is 14.4 Å². The molecule has 0 aromatic heterocycles. The molecule has 0 atom stereocenters. The largest absolute Gasteiger partial charge is 0.417 e. The molecule has 0 radical (unpaired) electrons. The first kappa shape index (κ1) is 13.7. The molecular weight excluding hydrogens is 258 g/mol. The van der Waals surface area contributed by atoms with Crippen molar-refractivity contribution in [2.45, 2.75) is 13.5 Å². The lowest BCUT2D eigenvalue weighted by Crippen LogP contribution is -2.31. The second-order valence-electron chi connectivity index (χ2n) is 4.39. The summed E-state index contributed by atoms with van der Waals surface area (Å²) in [6.07, 6.45) is 1.02. The Kier molecular flexibility index (Phi) is 3.79. The molecule has 0 N–H and O–H groups in total. The summed E-state index contributed by atoms with van der Waals surface area (Å²) in [4.78, 5) is 36.2. The van der Waals surface area contributed by atoms with Crippen LogP contribution in [0.15, 0.2) is 54.3 Å². The van der Waals surface area contributed by atoms with Gasteiger partial charge in [-0.1, -0.05) is 36.9 Å². The van der Waals surface area contributed by atoms with E-state index in [1.165, 1.54) is 6.92 Å². The highest BCUT2D eigenvalue weighted by molar-refractivity contribution is 6.16. The van der Waals surface area contributed by atoms with E-state index >= 15 is 0 Å². The van der Waals surface area contributed by atoms with Gasteiger partial charge in [0.25, 0.3) is 11.8 Å². The number of esters is 1. The number of amides is 2. The summed E-state index contributed by atoms with van der Waals surface area (Å²) in [6.45, 7) is 5.02. The number of carbonyl (C=O) groups excluding carboxylic acids is 3. The van der Waals surface area contributed by atoms with Crippen LogP contribution in [0.3, 0.4) is 0 Å². The van der Waals surface area contributed by atoms with Crippen LogP contribution in [0.1, 0.15) is 12.5 Å². The normalized spacial score (nSPS) is 14.2. The fourth-order valence-corrected chi connectivity index (χ4v) is 1.66. The molecule has 0 saturated carbocycles. The minimum Gasteiger partial charge on any atom is -0.417 e. The van der Waals surface area contributed by atoms with Crippen LogP contribution >= 0.6 is 0 Å². The molecule has 1 aromatic rings. The Bertz CT molecular complexity index is 616. The minimum absolute atomic E-state index is 0.142. The third-order valence-corrected chi connectivity index (χ3v) is 2.71. The van der Waals surface area contributed by atoms with Gasteiger partial charge in [0.1, 0.15) is 0 Å². The van der Waals surface area contributed by atoms with E-state index in [0.29, 0.717) is 0 Å². The van der Waals surface area contributed by atoms with Crippen molar-refractivity contribution in [1.29, 1.82) is 0 Å².